The second-order valence-electron chi connectivity index (χ2n) is 3.42. The van der Waals surface area contributed by atoms with Crippen LogP contribution in [0.25, 0.3) is 0 Å². The van der Waals surface area contributed by atoms with Crippen molar-refractivity contribution in [2.75, 3.05) is 7.05 Å². The van der Waals surface area contributed by atoms with Crippen molar-refractivity contribution in [1.29, 1.82) is 0 Å². The van der Waals surface area contributed by atoms with E-state index in [1.807, 2.05) is 0 Å². The van der Waals surface area contributed by atoms with Gasteiger partial charge in [-0.05, 0) is 26.8 Å². The summed E-state index contributed by atoms with van der Waals surface area (Å²) in [4.78, 5) is 10.9. The average molecular weight is 212 g/mol. The quantitative estimate of drug-likeness (QED) is 0.719. The first-order chi connectivity index (χ1) is 6.21. The summed E-state index contributed by atoms with van der Waals surface area (Å²) >= 11 is 0. The van der Waals surface area contributed by atoms with Gasteiger partial charge in [0.25, 0.3) is 0 Å². The van der Waals surface area contributed by atoms with Gasteiger partial charge in [-0.3, -0.25) is 4.79 Å². The molecule has 0 spiro atoms. The molecule has 1 unspecified atom stereocenters. The van der Waals surface area contributed by atoms with Gasteiger partial charge in [-0.25, -0.2) is 0 Å². The molecule has 0 aliphatic heterocycles. The molecule has 0 aromatic carbocycles. The number of likely N-dealkylation sites (N-methyl/N-ethyl adjacent to an activating group) is 1. The lowest BCUT2D eigenvalue weighted by atomic mass is 9.94. The van der Waals surface area contributed by atoms with E-state index in [4.69, 9.17) is 5.73 Å². The zero-order valence-corrected chi connectivity index (χ0v) is 8.24. The van der Waals surface area contributed by atoms with Gasteiger partial charge >= 0.3 is 6.18 Å². The lowest BCUT2D eigenvalue weighted by Gasteiger charge is -2.25. The summed E-state index contributed by atoms with van der Waals surface area (Å²) in [5.41, 5.74) is 4.00. The van der Waals surface area contributed by atoms with E-state index in [1.54, 1.807) is 0 Å². The van der Waals surface area contributed by atoms with Gasteiger partial charge in [-0.15, -0.1) is 0 Å². The molecule has 0 saturated heterocycles. The van der Waals surface area contributed by atoms with Crippen molar-refractivity contribution in [3.05, 3.63) is 0 Å². The van der Waals surface area contributed by atoms with Crippen molar-refractivity contribution in [3.63, 3.8) is 0 Å². The molecule has 0 radical (unpaired) electrons. The summed E-state index contributed by atoms with van der Waals surface area (Å²) in [6.07, 6.45) is -5.09. The summed E-state index contributed by atoms with van der Waals surface area (Å²) in [7, 11) is 1.50. The predicted molar refractivity (Wildman–Crippen MR) is 46.6 cm³/mol. The SMILES string of the molecule is CNC(C)(CCCC(F)(F)F)C(N)=O. The summed E-state index contributed by atoms with van der Waals surface area (Å²) < 4.78 is 35.4. The van der Waals surface area contributed by atoms with Crippen LogP contribution in [0.1, 0.15) is 26.2 Å². The minimum Gasteiger partial charge on any atom is -0.368 e. The van der Waals surface area contributed by atoms with Crippen LogP contribution in [0.5, 0.6) is 0 Å². The van der Waals surface area contributed by atoms with E-state index in [0.29, 0.717) is 0 Å². The third-order valence-corrected chi connectivity index (χ3v) is 2.23. The highest BCUT2D eigenvalue weighted by Crippen LogP contribution is 2.24. The van der Waals surface area contributed by atoms with Gasteiger partial charge in [0.15, 0.2) is 0 Å². The van der Waals surface area contributed by atoms with Gasteiger partial charge < -0.3 is 11.1 Å². The maximum absolute atomic E-state index is 11.8. The highest BCUT2D eigenvalue weighted by Gasteiger charge is 2.32. The molecule has 0 heterocycles. The average Bonchev–Trinajstić information content (AvgIpc) is 2.01. The molecule has 84 valence electrons. The van der Waals surface area contributed by atoms with Crippen molar-refractivity contribution in [2.45, 2.75) is 37.9 Å². The fraction of sp³-hybridized carbons (Fsp3) is 0.875. The molecule has 0 saturated carbocycles. The van der Waals surface area contributed by atoms with E-state index in [9.17, 15) is 18.0 Å². The standard InChI is InChI=1S/C8H15F3N2O/c1-7(13-2,6(12)14)4-3-5-8(9,10)11/h13H,3-5H2,1-2H3,(H2,12,14). The number of halogens is 3. The van der Waals surface area contributed by atoms with Gasteiger partial charge in [0, 0.05) is 6.42 Å². The summed E-state index contributed by atoms with van der Waals surface area (Å²) in [6, 6.07) is 0. The Morgan fingerprint density at radius 2 is 1.86 bits per heavy atom. The van der Waals surface area contributed by atoms with E-state index in [-0.39, 0.29) is 12.8 Å². The van der Waals surface area contributed by atoms with Crippen LogP contribution in [0.3, 0.4) is 0 Å². The number of carbonyl (C=O) groups is 1. The molecule has 0 rings (SSSR count). The Bertz CT molecular complexity index is 205. The molecule has 0 aromatic rings. The Labute approximate surface area is 80.8 Å². The van der Waals surface area contributed by atoms with E-state index in [2.05, 4.69) is 5.32 Å². The lowest BCUT2D eigenvalue weighted by molar-refractivity contribution is -0.138. The molecule has 0 aliphatic carbocycles. The third-order valence-electron chi connectivity index (χ3n) is 2.23. The fourth-order valence-electron chi connectivity index (χ4n) is 1.01. The van der Waals surface area contributed by atoms with Gasteiger partial charge in [-0.2, -0.15) is 13.2 Å². The molecular weight excluding hydrogens is 197 g/mol. The molecule has 0 aromatic heterocycles. The number of nitrogens with one attached hydrogen (secondary N) is 1. The number of amides is 1. The summed E-state index contributed by atoms with van der Waals surface area (Å²) in [5.74, 6) is -0.637. The maximum atomic E-state index is 11.8. The van der Waals surface area contributed by atoms with E-state index >= 15 is 0 Å². The number of hydrogen-bond donors (Lipinski definition) is 2. The highest BCUT2D eigenvalue weighted by atomic mass is 19.4. The Hall–Kier alpha value is -0.780. The first-order valence-corrected chi connectivity index (χ1v) is 4.27. The molecule has 1 amide bonds. The number of nitrogens with two attached hydrogens (primary N) is 1. The number of hydrogen-bond acceptors (Lipinski definition) is 2. The molecule has 0 bridgehead atoms. The third kappa shape index (κ3) is 4.45. The second kappa shape index (κ2) is 4.63. The fourth-order valence-corrected chi connectivity index (χ4v) is 1.01. The molecule has 14 heavy (non-hydrogen) atoms. The van der Waals surface area contributed by atoms with Crippen LogP contribution >= 0.6 is 0 Å². The Morgan fingerprint density at radius 1 is 1.36 bits per heavy atom. The van der Waals surface area contributed by atoms with Gasteiger partial charge in [0.05, 0.1) is 5.54 Å². The van der Waals surface area contributed by atoms with Crippen LogP contribution in [0.15, 0.2) is 0 Å². The Kier molecular flexibility index (Phi) is 4.38. The van der Waals surface area contributed by atoms with Gasteiger partial charge in [-0.1, -0.05) is 0 Å². The van der Waals surface area contributed by atoms with Crippen LogP contribution < -0.4 is 11.1 Å². The van der Waals surface area contributed by atoms with Crippen molar-refractivity contribution in [3.8, 4) is 0 Å². The van der Waals surface area contributed by atoms with Crippen molar-refractivity contribution >= 4 is 5.91 Å². The number of alkyl halides is 3. The smallest absolute Gasteiger partial charge is 0.368 e. The minimum atomic E-state index is -4.17. The van der Waals surface area contributed by atoms with Crippen LogP contribution in [-0.4, -0.2) is 24.7 Å². The Morgan fingerprint density at radius 3 is 2.14 bits per heavy atom. The molecule has 0 fully saturated rings. The maximum Gasteiger partial charge on any atom is 0.389 e. The lowest BCUT2D eigenvalue weighted by Crippen LogP contribution is -2.51. The topological polar surface area (TPSA) is 55.1 Å². The van der Waals surface area contributed by atoms with Crippen LogP contribution in [0.4, 0.5) is 13.2 Å². The largest absolute Gasteiger partial charge is 0.389 e. The van der Waals surface area contributed by atoms with Gasteiger partial charge in [0.2, 0.25) is 5.91 Å². The predicted octanol–water partition coefficient (Wildman–Crippen LogP) is 1.18. The van der Waals surface area contributed by atoms with Crippen molar-refractivity contribution in [2.24, 2.45) is 5.73 Å². The van der Waals surface area contributed by atoms with Crippen molar-refractivity contribution in [1.82, 2.24) is 5.32 Å². The normalized spacial score (nSPS) is 16.4. The monoisotopic (exact) mass is 212 g/mol. The van der Waals surface area contributed by atoms with Crippen LogP contribution in [0, 0.1) is 0 Å². The zero-order valence-electron chi connectivity index (χ0n) is 8.24. The summed E-state index contributed by atoms with van der Waals surface area (Å²) in [6.45, 7) is 1.49. The molecule has 0 aliphatic rings. The number of rotatable bonds is 5. The first-order valence-electron chi connectivity index (χ1n) is 4.27. The Balaban J connectivity index is 4.04. The molecule has 3 N–H and O–H groups in total. The summed E-state index contributed by atoms with van der Waals surface area (Å²) in [5, 5.41) is 2.62. The first kappa shape index (κ1) is 13.2. The molecule has 6 heteroatoms. The van der Waals surface area contributed by atoms with E-state index in [1.165, 1.54) is 14.0 Å². The van der Waals surface area contributed by atoms with E-state index in [0.717, 1.165) is 0 Å². The highest BCUT2D eigenvalue weighted by molar-refractivity contribution is 5.84. The number of primary amides is 1. The molecule has 3 nitrogen and oxygen atoms in total. The molecular formula is C8H15F3N2O. The second-order valence-corrected chi connectivity index (χ2v) is 3.42. The van der Waals surface area contributed by atoms with Crippen LogP contribution in [0.2, 0.25) is 0 Å². The number of carbonyl (C=O) groups excluding carboxylic acids is 1. The van der Waals surface area contributed by atoms with Crippen LogP contribution in [-0.2, 0) is 4.79 Å². The van der Waals surface area contributed by atoms with Crippen molar-refractivity contribution < 1.29 is 18.0 Å². The zero-order chi connectivity index (χ0) is 11.4. The minimum absolute atomic E-state index is 0.0817. The van der Waals surface area contributed by atoms with Gasteiger partial charge in [0.1, 0.15) is 0 Å². The van der Waals surface area contributed by atoms with E-state index < -0.39 is 24.0 Å². The molecule has 1 atom stereocenters.